The van der Waals surface area contributed by atoms with Gasteiger partial charge in [-0.2, -0.15) is 0 Å². The number of benzene rings is 9. The lowest BCUT2D eigenvalue weighted by atomic mass is 9.88. The summed E-state index contributed by atoms with van der Waals surface area (Å²) in [7, 11) is 0. The Hall–Kier alpha value is -7.95. The van der Waals surface area contributed by atoms with Gasteiger partial charge >= 0.3 is 0 Å². The van der Waals surface area contributed by atoms with Gasteiger partial charge in [-0.05, 0) is 120 Å². The van der Waals surface area contributed by atoms with E-state index in [1.807, 2.05) is 114 Å². The van der Waals surface area contributed by atoms with Gasteiger partial charge < -0.3 is 4.90 Å². The first-order valence-electron chi connectivity index (χ1n) is 20.2. The van der Waals surface area contributed by atoms with Crippen molar-refractivity contribution in [1.82, 2.24) is 9.97 Å². The number of hydrogen-bond donors (Lipinski definition) is 0. The Morgan fingerprint density at radius 1 is 0.383 bits per heavy atom. The monoisotopic (exact) mass is 769 g/mol. The molecule has 0 fully saturated rings. The molecule has 0 N–H and O–H groups in total. The van der Waals surface area contributed by atoms with Gasteiger partial charge in [0, 0.05) is 46.7 Å². The third-order valence-electron chi connectivity index (χ3n) is 11.6. The van der Waals surface area contributed by atoms with Crippen LogP contribution in [0.4, 0.5) is 21.5 Å². The molecule has 0 saturated heterocycles. The smallest absolute Gasteiger partial charge is 0.148 e. The zero-order valence-corrected chi connectivity index (χ0v) is 32.5. The van der Waals surface area contributed by atoms with Crippen LogP contribution in [0.3, 0.4) is 0 Å². The molecular weight excluding hydrogens is 734 g/mol. The quantitative estimate of drug-likeness (QED) is 0.144. The van der Waals surface area contributed by atoms with Crippen LogP contribution in [0.1, 0.15) is 0 Å². The molecule has 0 amide bonds. The van der Waals surface area contributed by atoms with Crippen LogP contribution in [-0.2, 0) is 0 Å². The lowest BCUT2D eigenvalue weighted by Crippen LogP contribution is -2.13. The maximum absolute atomic E-state index is 17.0. The van der Waals surface area contributed by atoms with E-state index in [-0.39, 0.29) is 5.82 Å². The van der Waals surface area contributed by atoms with Crippen molar-refractivity contribution in [2.75, 3.05) is 4.90 Å². The number of hydrogen-bond acceptors (Lipinski definition) is 3. The summed E-state index contributed by atoms with van der Waals surface area (Å²) in [4.78, 5) is 11.1. The van der Waals surface area contributed by atoms with E-state index >= 15 is 4.39 Å². The maximum Gasteiger partial charge on any atom is 0.148 e. The van der Waals surface area contributed by atoms with Crippen LogP contribution >= 0.6 is 0 Å². The van der Waals surface area contributed by atoms with E-state index in [1.54, 1.807) is 18.5 Å². The van der Waals surface area contributed by atoms with Gasteiger partial charge in [-0.3, -0.25) is 9.97 Å². The molecular formula is C56H36FN3. The molecule has 0 unspecified atom stereocenters. The van der Waals surface area contributed by atoms with Crippen molar-refractivity contribution in [3.8, 4) is 55.8 Å². The summed E-state index contributed by atoms with van der Waals surface area (Å²) in [5.41, 5.74) is 12.2. The molecule has 2 heterocycles. The summed E-state index contributed by atoms with van der Waals surface area (Å²) in [6, 6.07) is 68.5. The highest BCUT2D eigenvalue weighted by Crippen LogP contribution is 2.46. The molecule has 3 nitrogen and oxygen atoms in total. The summed E-state index contributed by atoms with van der Waals surface area (Å²) in [5.74, 6) is -0.297. The van der Waals surface area contributed by atoms with Gasteiger partial charge in [-0.25, -0.2) is 4.39 Å². The van der Waals surface area contributed by atoms with Crippen molar-refractivity contribution in [3.63, 3.8) is 0 Å². The summed E-state index contributed by atoms with van der Waals surface area (Å²) in [6.07, 6.45) is 5.56. The Balaban J connectivity index is 1.02. The molecule has 11 rings (SSSR count). The Morgan fingerprint density at radius 3 is 1.57 bits per heavy atom. The van der Waals surface area contributed by atoms with Crippen LogP contribution in [0.5, 0.6) is 0 Å². The van der Waals surface area contributed by atoms with Crippen molar-refractivity contribution in [3.05, 3.63) is 225 Å². The van der Waals surface area contributed by atoms with Crippen molar-refractivity contribution in [2.24, 2.45) is 0 Å². The van der Waals surface area contributed by atoms with E-state index in [0.29, 0.717) is 5.69 Å². The highest BCUT2D eigenvalue weighted by atomic mass is 19.1. The van der Waals surface area contributed by atoms with Gasteiger partial charge in [0.05, 0.1) is 11.4 Å². The van der Waals surface area contributed by atoms with Crippen LogP contribution in [0.2, 0.25) is 0 Å². The van der Waals surface area contributed by atoms with Crippen LogP contribution in [0.15, 0.2) is 219 Å². The summed E-state index contributed by atoms with van der Waals surface area (Å²) in [6.45, 7) is 0. The molecule has 0 atom stereocenters. The molecule has 11 aromatic rings. The molecule has 0 aliphatic carbocycles. The number of pyridine rings is 2. The number of para-hydroxylation sites is 1. The first-order chi connectivity index (χ1) is 29.7. The van der Waals surface area contributed by atoms with Gasteiger partial charge in [0.15, 0.2) is 0 Å². The van der Waals surface area contributed by atoms with Crippen LogP contribution in [0, 0.1) is 5.82 Å². The normalized spacial score (nSPS) is 11.4. The zero-order valence-electron chi connectivity index (χ0n) is 32.5. The van der Waals surface area contributed by atoms with Gasteiger partial charge in [-0.15, -0.1) is 0 Å². The maximum atomic E-state index is 17.0. The second-order valence-corrected chi connectivity index (χ2v) is 15.1. The molecule has 2 aromatic heterocycles. The lowest BCUT2D eigenvalue weighted by Gasteiger charge is -2.29. The minimum absolute atomic E-state index is 0.297. The average Bonchev–Trinajstić information content (AvgIpc) is 3.32. The average molecular weight is 770 g/mol. The van der Waals surface area contributed by atoms with Crippen molar-refractivity contribution in [2.45, 2.75) is 0 Å². The highest BCUT2D eigenvalue weighted by molar-refractivity contribution is 6.27. The second-order valence-electron chi connectivity index (χ2n) is 15.1. The van der Waals surface area contributed by atoms with Gasteiger partial charge in [0.1, 0.15) is 5.82 Å². The Labute approximate surface area is 347 Å². The minimum Gasteiger partial charge on any atom is -0.307 e. The predicted octanol–water partition coefficient (Wildman–Crippen LogP) is 15.3. The largest absolute Gasteiger partial charge is 0.307 e. The highest BCUT2D eigenvalue weighted by Gasteiger charge is 2.23. The first-order valence-corrected chi connectivity index (χ1v) is 20.2. The third kappa shape index (κ3) is 6.14. The Morgan fingerprint density at radius 2 is 0.917 bits per heavy atom. The molecule has 282 valence electrons. The summed E-state index contributed by atoms with van der Waals surface area (Å²) >= 11 is 0. The number of nitrogens with zero attached hydrogens (tertiary/aromatic N) is 3. The fourth-order valence-electron chi connectivity index (χ4n) is 8.78. The summed E-state index contributed by atoms with van der Waals surface area (Å²) in [5, 5.41) is 7.22. The van der Waals surface area contributed by atoms with Crippen LogP contribution in [0.25, 0.3) is 88.1 Å². The van der Waals surface area contributed by atoms with E-state index in [2.05, 4.69) is 96.0 Å². The number of rotatable bonds is 8. The molecule has 0 aliphatic rings. The minimum atomic E-state index is -0.297. The SMILES string of the molecule is Fc1cc(-c2ccccc2)cc(-c2ccccc2)c1N(c1ccccc1)c1ccc(-c2ccc3ccc4c(-c5ccc(-c6ccncc6)cn5)ccc5ccc2c3c54)cc1. The second kappa shape index (κ2) is 14.8. The molecule has 0 saturated carbocycles. The lowest BCUT2D eigenvalue weighted by molar-refractivity contribution is 0.630. The fraction of sp³-hybridized carbons (Fsp3) is 0. The molecule has 0 aliphatic heterocycles. The molecule has 0 radical (unpaired) electrons. The van der Waals surface area contributed by atoms with Crippen molar-refractivity contribution in [1.29, 1.82) is 0 Å². The van der Waals surface area contributed by atoms with Crippen LogP contribution < -0.4 is 4.90 Å². The number of halogens is 1. The number of anilines is 3. The van der Waals surface area contributed by atoms with Crippen molar-refractivity contribution >= 4 is 49.4 Å². The van der Waals surface area contributed by atoms with E-state index < -0.39 is 0 Å². The number of aromatic nitrogens is 2. The molecule has 4 heteroatoms. The van der Waals surface area contributed by atoms with E-state index in [9.17, 15) is 0 Å². The van der Waals surface area contributed by atoms with Crippen molar-refractivity contribution < 1.29 is 4.39 Å². The predicted molar refractivity (Wildman–Crippen MR) is 248 cm³/mol. The molecule has 0 spiro atoms. The third-order valence-corrected chi connectivity index (χ3v) is 11.6. The van der Waals surface area contributed by atoms with E-state index in [0.717, 1.165) is 67.1 Å². The Kier molecular flexibility index (Phi) is 8.67. The molecule has 0 bridgehead atoms. The fourth-order valence-corrected chi connectivity index (χ4v) is 8.78. The standard InChI is InChI=1S/C56H36FN3/c57-52-35-44(37-10-4-1-5-11-37)34-51(39-12-6-2-7-13-39)56(52)60(45-14-8-3-9-15-45)46-23-16-40(17-24-46)47-25-18-41-21-28-50-48(26-19-42-20-27-49(47)54(41)55(42)50)53-29-22-43(36-59-53)38-30-32-58-33-31-38/h1-36H. The molecule has 9 aromatic carbocycles. The van der Waals surface area contributed by atoms with Gasteiger partial charge in [-0.1, -0.05) is 146 Å². The van der Waals surface area contributed by atoms with Gasteiger partial charge in [0.2, 0.25) is 0 Å². The first kappa shape index (κ1) is 35.2. The van der Waals surface area contributed by atoms with Crippen LogP contribution in [-0.4, -0.2) is 9.97 Å². The summed E-state index contributed by atoms with van der Waals surface area (Å²) < 4.78 is 17.0. The van der Waals surface area contributed by atoms with E-state index in [1.165, 1.54) is 32.3 Å². The molecule has 60 heavy (non-hydrogen) atoms. The van der Waals surface area contributed by atoms with E-state index in [4.69, 9.17) is 4.98 Å². The van der Waals surface area contributed by atoms with Gasteiger partial charge in [0.25, 0.3) is 0 Å². The zero-order chi connectivity index (χ0) is 40.0. The topological polar surface area (TPSA) is 29.0 Å². The Bertz CT molecular complexity index is 3280.